The average molecular weight is 474 g/mol. The van der Waals surface area contributed by atoms with Crippen molar-refractivity contribution in [3.63, 3.8) is 0 Å². The molecule has 2 aromatic carbocycles. The number of aromatic nitrogens is 2. The summed E-state index contributed by atoms with van der Waals surface area (Å²) in [6.07, 6.45) is 4.46. The predicted octanol–water partition coefficient (Wildman–Crippen LogP) is 4.33. The van der Waals surface area contributed by atoms with E-state index in [0.717, 1.165) is 48.3 Å². The van der Waals surface area contributed by atoms with Gasteiger partial charge < -0.3 is 8.75 Å². The van der Waals surface area contributed by atoms with E-state index in [2.05, 4.69) is 11.9 Å². The highest BCUT2D eigenvalue weighted by molar-refractivity contribution is 7.94. The molecule has 0 saturated heterocycles. The first-order chi connectivity index (χ1) is 15.3. The molecule has 0 aliphatic heterocycles. The second kappa shape index (κ2) is 10.3. The molecule has 0 amide bonds. The molecule has 0 aliphatic carbocycles. The Morgan fingerprint density at radius 1 is 1.16 bits per heavy atom. The van der Waals surface area contributed by atoms with E-state index in [9.17, 15) is 13.2 Å². The molecule has 0 fully saturated rings. The summed E-state index contributed by atoms with van der Waals surface area (Å²) in [7, 11) is -3.84. The lowest BCUT2D eigenvalue weighted by Gasteiger charge is -2.13. The largest absolute Gasteiger partial charge is 0.387 e. The summed E-state index contributed by atoms with van der Waals surface area (Å²) in [5.74, 6) is 0.435. The monoisotopic (exact) mass is 473 g/mol. The zero-order chi connectivity index (χ0) is 23.3. The van der Waals surface area contributed by atoms with Crippen molar-refractivity contribution in [1.29, 1.82) is 0 Å². The van der Waals surface area contributed by atoms with Crippen molar-refractivity contribution < 1.29 is 17.4 Å². The highest BCUT2D eigenvalue weighted by atomic mass is 32.2. The van der Waals surface area contributed by atoms with Crippen molar-refractivity contribution in [2.75, 3.05) is 6.26 Å². The van der Waals surface area contributed by atoms with E-state index in [4.69, 9.17) is 9.32 Å². The van der Waals surface area contributed by atoms with Gasteiger partial charge in [-0.25, -0.2) is 23.3 Å². The first-order valence-corrected chi connectivity index (χ1v) is 13.0. The summed E-state index contributed by atoms with van der Waals surface area (Å²) in [5.41, 5.74) is 3.35. The van der Waals surface area contributed by atoms with Gasteiger partial charge in [0.1, 0.15) is 5.82 Å². The Morgan fingerprint density at radius 3 is 2.47 bits per heavy atom. The van der Waals surface area contributed by atoms with Gasteiger partial charge in [0.25, 0.3) is 0 Å². The molecule has 32 heavy (non-hydrogen) atoms. The van der Waals surface area contributed by atoms with Gasteiger partial charge in [0.2, 0.25) is 10.0 Å². The standard InChI is InChI=1S/C23H27N3O4S2/c1-4-5-10-21-25-16(2)22(23(27)30-31-3)26(21)15-17-11-13-18(14-12-17)19-8-6-7-9-20(19)32(24,28)29/h6-9,11-14H,4-5,10,15H2,1-3H3,(H2,24,28,29). The summed E-state index contributed by atoms with van der Waals surface area (Å²) in [5, 5.41) is 5.37. The van der Waals surface area contributed by atoms with Crippen LogP contribution >= 0.6 is 12.0 Å². The first-order valence-electron chi connectivity index (χ1n) is 10.3. The van der Waals surface area contributed by atoms with E-state index < -0.39 is 16.0 Å². The lowest BCUT2D eigenvalue weighted by Crippen LogP contribution is -2.14. The van der Waals surface area contributed by atoms with Gasteiger partial charge in [-0.2, -0.15) is 0 Å². The van der Waals surface area contributed by atoms with Crippen LogP contribution in [0.1, 0.15) is 47.3 Å². The normalized spacial score (nSPS) is 11.5. The van der Waals surface area contributed by atoms with Crippen LogP contribution in [-0.4, -0.2) is 30.2 Å². The molecule has 1 heterocycles. The fourth-order valence-electron chi connectivity index (χ4n) is 3.63. The topological polar surface area (TPSA) is 104 Å². The van der Waals surface area contributed by atoms with Crippen LogP contribution in [0.5, 0.6) is 0 Å². The quantitative estimate of drug-likeness (QED) is 0.464. The predicted molar refractivity (Wildman–Crippen MR) is 127 cm³/mol. The molecule has 0 atom stereocenters. The number of sulfonamides is 1. The minimum Gasteiger partial charge on any atom is -0.387 e. The molecular formula is C23H27N3O4S2. The number of rotatable bonds is 9. The number of carbonyl (C=O) groups excluding carboxylic acids is 1. The maximum absolute atomic E-state index is 12.6. The lowest BCUT2D eigenvalue weighted by atomic mass is 10.0. The number of primary sulfonamides is 1. The van der Waals surface area contributed by atoms with Gasteiger partial charge >= 0.3 is 5.97 Å². The van der Waals surface area contributed by atoms with Crippen LogP contribution in [0.25, 0.3) is 11.1 Å². The van der Waals surface area contributed by atoms with Crippen LogP contribution in [0.4, 0.5) is 0 Å². The molecular weight excluding hydrogens is 446 g/mol. The van der Waals surface area contributed by atoms with Crippen LogP contribution < -0.4 is 5.14 Å². The number of nitrogens with zero attached hydrogens (tertiary/aromatic N) is 2. The smallest absolute Gasteiger partial charge is 0.368 e. The summed E-state index contributed by atoms with van der Waals surface area (Å²) in [6.45, 7) is 4.38. The molecule has 9 heteroatoms. The molecule has 0 saturated carbocycles. The number of hydrogen-bond acceptors (Lipinski definition) is 6. The minimum absolute atomic E-state index is 0.0851. The summed E-state index contributed by atoms with van der Waals surface area (Å²) in [6, 6.07) is 14.2. The summed E-state index contributed by atoms with van der Waals surface area (Å²) in [4.78, 5) is 17.3. The summed E-state index contributed by atoms with van der Waals surface area (Å²) < 4.78 is 31.0. The van der Waals surface area contributed by atoms with Crippen LogP contribution in [-0.2, 0) is 27.2 Å². The van der Waals surface area contributed by atoms with Gasteiger partial charge in [0.05, 0.1) is 22.6 Å². The molecule has 1 aromatic heterocycles. The van der Waals surface area contributed by atoms with Gasteiger partial charge in [-0.1, -0.05) is 55.8 Å². The fraction of sp³-hybridized carbons (Fsp3) is 0.304. The molecule has 0 bridgehead atoms. The minimum atomic E-state index is -3.84. The molecule has 0 aliphatic rings. The van der Waals surface area contributed by atoms with Gasteiger partial charge in [-0.3, -0.25) is 0 Å². The Hall–Kier alpha value is -2.62. The summed E-state index contributed by atoms with van der Waals surface area (Å²) >= 11 is 1.01. The second-order valence-corrected chi connectivity index (χ2v) is 9.46. The highest BCUT2D eigenvalue weighted by Gasteiger charge is 2.22. The zero-order valence-corrected chi connectivity index (χ0v) is 20.0. The van der Waals surface area contributed by atoms with Crippen molar-refractivity contribution >= 4 is 28.0 Å². The second-order valence-electron chi connectivity index (χ2n) is 7.43. The number of unbranched alkanes of at least 4 members (excludes halogenated alkanes) is 1. The number of benzene rings is 2. The molecule has 170 valence electrons. The Balaban J connectivity index is 1.96. The average Bonchev–Trinajstić information content (AvgIpc) is 3.07. The van der Waals surface area contributed by atoms with Crippen LogP contribution in [0.2, 0.25) is 0 Å². The van der Waals surface area contributed by atoms with Crippen molar-refractivity contribution in [2.45, 2.75) is 44.6 Å². The Bertz CT molecular complexity index is 1200. The van der Waals surface area contributed by atoms with Crippen molar-refractivity contribution in [1.82, 2.24) is 9.55 Å². The van der Waals surface area contributed by atoms with Gasteiger partial charge in [0.15, 0.2) is 5.69 Å². The zero-order valence-electron chi connectivity index (χ0n) is 18.4. The Kier molecular flexibility index (Phi) is 7.76. The van der Waals surface area contributed by atoms with Crippen LogP contribution in [0.3, 0.4) is 0 Å². The van der Waals surface area contributed by atoms with Gasteiger partial charge in [-0.15, -0.1) is 0 Å². The van der Waals surface area contributed by atoms with Gasteiger partial charge in [-0.05, 0) is 30.5 Å². The third-order valence-corrected chi connectivity index (χ3v) is 6.41. The van der Waals surface area contributed by atoms with E-state index in [-0.39, 0.29) is 4.90 Å². The van der Waals surface area contributed by atoms with Crippen molar-refractivity contribution in [3.8, 4) is 11.1 Å². The first kappa shape index (κ1) is 24.0. The third-order valence-electron chi connectivity index (χ3n) is 5.13. The van der Waals surface area contributed by atoms with E-state index in [1.807, 2.05) is 35.8 Å². The van der Waals surface area contributed by atoms with E-state index in [0.29, 0.717) is 23.5 Å². The van der Waals surface area contributed by atoms with Gasteiger partial charge in [0, 0.05) is 24.8 Å². The number of hydrogen-bond donors (Lipinski definition) is 1. The molecule has 3 aromatic rings. The molecule has 2 N–H and O–H groups in total. The van der Waals surface area contributed by atoms with E-state index in [1.54, 1.807) is 24.5 Å². The van der Waals surface area contributed by atoms with Crippen molar-refractivity contribution in [3.05, 3.63) is 71.3 Å². The number of imidazole rings is 1. The van der Waals surface area contributed by atoms with E-state index >= 15 is 0 Å². The van der Waals surface area contributed by atoms with E-state index in [1.165, 1.54) is 6.07 Å². The third kappa shape index (κ3) is 5.40. The number of carbonyl (C=O) groups is 1. The Morgan fingerprint density at radius 2 is 1.84 bits per heavy atom. The maximum Gasteiger partial charge on any atom is 0.368 e. The molecule has 3 rings (SSSR count). The SMILES string of the molecule is CCCCc1nc(C)c(C(=O)OSC)n1Cc1ccc(-c2ccccc2S(N)(=O)=O)cc1. The maximum atomic E-state index is 12.6. The molecule has 0 spiro atoms. The number of aryl methyl sites for hydroxylation is 2. The Labute approximate surface area is 193 Å². The lowest BCUT2D eigenvalue weighted by molar-refractivity contribution is 0.0757. The molecule has 0 radical (unpaired) electrons. The number of nitrogens with two attached hydrogens (primary N) is 1. The van der Waals surface area contributed by atoms with Crippen LogP contribution in [0.15, 0.2) is 53.4 Å². The molecule has 7 nitrogen and oxygen atoms in total. The fourth-order valence-corrected chi connectivity index (χ4v) is 4.62. The molecule has 0 unspecified atom stereocenters. The highest BCUT2D eigenvalue weighted by Crippen LogP contribution is 2.27. The van der Waals surface area contributed by atoms with Crippen LogP contribution in [0, 0.1) is 6.92 Å². The van der Waals surface area contributed by atoms with Crippen molar-refractivity contribution in [2.24, 2.45) is 5.14 Å².